The molecule has 5 nitrogen and oxygen atoms in total. The van der Waals surface area contributed by atoms with Crippen LogP contribution in [0.2, 0.25) is 0 Å². The van der Waals surface area contributed by atoms with Crippen molar-refractivity contribution in [1.82, 2.24) is 13.9 Å². The van der Waals surface area contributed by atoms with Crippen molar-refractivity contribution in [3.63, 3.8) is 0 Å². The number of carbonyl (C=O) groups is 1. The van der Waals surface area contributed by atoms with Gasteiger partial charge < -0.3 is 13.9 Å². The quantitative estimate of drug-likeness (QED) is 0.689. The third-order valence-corrected chi connectivity index (χ3v) is 5.81. The fourth-order valence-electron chi connectivity index (χ4n) is 4.34. The van der Waals surface area contributed by atoms with Crippen molar-refractivity contribution in [2.24, 2.45) is 5.92 Å². The molecule has 0 saturated carbocycles. The van der Waals surface area contributed by atoms with Crippen LogP contribution in [-0.2, 0) is 11.3 Å². The van der Waals surface area contributed by atoms with E-state index in [2.05, 4.69) is 6.92 Å². The van der Waals surface area contributed by atoms with E-state index in [0.717, 1.165) is 30.6 Å². The van der Waals surface area contributed by atoms with E-state index < -0.39 is 0 Å². The highest BCUT2D eigenvalue weighted by molar-refractivity contribution is 5.80. The fourth-order valence-corrected chi connectivity index (χ4v) is 4.34. The minimum Gasteiger partial charge on any atom is -0.342 e. The van der Waals surface area contributed by atoms with E-state index in [1.165, 1.54) is 18.6 Å². The summed E-state index contributed by atoms with van der Waals surface area (Å²) < 4.78 is 17.3. The van der Waals surface area contributed by atoms with E-state index in [4.69, 9.17) is 0 Å². The Morgan fingerprint density at radius 1 is 1.25 bits per heavy atom. The summed E-state index contributed by atoms with van der Waals surface area (Å²) in [5, 5.41) is 0. The van der Waals surface area contributed by atoms with Crippen LogP contribution < -0.4 is 5.56 Å². The van der Waals surface area contributed by atoms with Crippen LogP contribution in [0.4, 0.5) is 4.39 Å². The van der Waals surface area contributed by atoms with E-state index >= 15 is 0 Å². The summed E-state index contributed by atoms with van der Waals surface area (Å²) in [7, 11) is 0. The number of fused-ring (bicyclic) bond motifs is 3. The second-order valence-electron chi connectivity index (χ2n) is 8.00. The molecule has 1 fully saturated rings. The van der Waals surface area contributed by atoms with Crippen molar-refractivity contribution < 1.29 is 9.18 Å². The van der Waals surface area contributed by atoms with Crippen molar-refractivity contribution in [2.75, 3.05) is 13.1 Å². The molecule has 0 spiro atoms. The number of halogens is 1. The van der Waals surface area contributed by atoms with Gasteiger partial charge in [-0.1, -0.05) is 6.92 Å². The number of likely N-dealkylation sites (tertiary alicyclic amines) is 1. The molecule has 3 heterocycles. The van der Waals surface area contributed by atoms with Crippen LogP contribution in [0.3, 0.4) is 0 Å². The normalized spacial score (nSPS) is 17.5. The highest BCUT2D eigenvalue weighted by atomic mass is 19.1. The molecule has 1 saturated heterocycles. The molecular formula is C22H26FN3O2. The molecule has 1 aliphatic rings. The maximum Gasteiger partial charge on any atom is 0.275 e. The lowest BCUT2D eigenvalue weighted by molar-refractivity contribution is -0.133. The molecule has 1 aliphatic heterocycles. The molecular weight excluding hydrogens is 357 g/mol. The standard InChI is InChI=1S/C22H26FN3O2/c1-15-5-3-10-24(14-15)20(27)6-4-11-26-19-13-17(23)7-8-18(19)25-12-9-16(2)21(25)22(26)28/h7-9,12-13,15H,3-6,10-11,14H2,1-2H3/t15-/m1/s1. The average Bonchev–Trinajstić information content (AvgIpc) is 3.06. The fraction of sp³-hybridized carbons (Fsp3) is 0.455. The van der Waals surface area contributed by atoms with Gasteiger partial charge in [-0.05, 0) is 61.9 Å². The monoisotopic (exact) mass is 383 g/mol. The van der Waals surface area contributed by atoms with Gasteiger partial charge >= 0.3 is 0 Å². The summed E-state index contributed by atoms with van der Waals surface area (Å²) in [6, 6.07) is 6.41. The van der Waals surface area contributed by atoms with E-state index in [9.17, 15) is 14.0 Å². The first-order valence-electron chi connectivity index (χ1n) is 10.0. The van der Waals surface area contributed by atoms with Gasteiger partial charge in [0.25, 0.3) is 5.56 Å². The number of hydrogen-bond donors (Lipinski definition) is 0. The van der Waals surface area contributed by atoms with Gasteiger partial charge in [0, 0.05) is 32.3 Å². The Kier molecular flexibility index (Phi) is 4.96. The van der Waals surface area contributed by atoms with E-state index in [-0.39, 0.29) is 17.3 Å². The predicted octanol–water partition coefficient (Wildman–Crippen LogP) is 3.74. The van der Waals surface area contributed by atoms with Crippen molar-refractivity contribution in [3.05, 3.63) is 52.2 Å². The van der Waals surface area contributed by atoms with E-state index in [1.807, 2.05) is 28.5 Å². The number of piperidine rings is 1. The lowest BCUT2D eigenvalue weighted by Crippen LogP contribution is -2.39. The number of nitrogens with zero attached hydrogens (tertiary/aromatic N) is 3. The van der Waals surface area contributed by atoms with Crippen LogP contribution >= 0.6 is 0 Å². The zero-order valence-corrected chi connectivity index (χ0v) is 16.4. The molecule has 0 unspecified atom stereocenters. The summed E-state index contributed by atoms with van der Waals surface area (Å²) in [4.78, 5) is 27.6. The van der Waals surface area contributed by atoms with Gasteiger partial charge in [0.2, 0.25) is 5.91 Å². The Bertz CT molecular complexity index is 1100. The number of aromatic nitrogens is 2. The van der Waals surface area contributed by atoms with E-state index in [0.29, 0.717) is 36.3 Å². The lowest BCUT2D eigenvalue weighted by atomic mass is 10.00. The number of hydrogen-bond acceptors (Lipinski definition) is 2. The van der Waals surface area contributed by atoms with Crippen molar-refractivity contribution in [2.45, 2.75) is 46.1 Å². The Morgan fingerprint density at radius 2 is 2.07 bits per heavy atom. The number of carbonyl (C=O) groups excluding carboxylic acids is 1. The Labute approximate surface area is 163 Å². The highest BCUT2D eigenvalue weighted by Crippen LogP contribution is 2.20. The van der Waals surface area contributed by atoms with Crippen molar-refractivity contribution in [1.29, 1.82) is 0 Å². The smallest absolute Gasteiger partial charge is 0.275 e. The van der Waals surface area contributed by atoms with Gasteiger partial charge in [-0.3, -0.25) is 9.59 Å². The maximum atomic E-state index is 13.9. The summed E-state index contributed by atoms with van der Waals surface area (Å²) >= 11 is 0. The molecule has 1 aromatic carbocycles. The van der Waals surface area contributed by atoms with Gasteiger partial charge in [-0.2, -0.15) is 0 Å². The molecule has 1 amide bonds. The Balaban J connectivity index is 1.61. The molecule has 3 aromatic rings. The third kappa shape index (κ3) is 3.32. The van der Waals surface area contributed by atoms with Crippen LogP contribution in [0.5, 0.6) is 0 Å². The first kappa shape index (κ1) is 18.7. The average molecular weight is 383 g/mol. The van der Waals surface area contributed by atoms with Crippen molar-refractivity contribution >= 4 is 22.5 Å². The van der Waals surface area contributed by atoms with E-state index in [1.54, 1.807) is 10.6 Å². The minimum absolute atomic E-state index is 0.139. The molecule has 4 rings (SSSR count). The second kappa shape index (κ2) is 7.41. The predicted molar refractivity (Wildman–Crippen MR) is 108 cm³/mol. The molecule has 0 N–H and O–H groups in total. The van der Waals surface area contributed by atoms with Gasteiger partial charge in [-0.25, -0.2) is 4.39 Å². The molecule has 0 aliphatic carbocycles. The molecule has 1 atom stereocenters. The van der Waals surface area contributed by atoms with Crippen LogP contribution in [-0.4, -0.2) is 32.9 Å². The molecule has 0 radical (unpaired) electrons. The van der Waals surface area contributed by atoms with Crippen molar-refractivity contribution in [3.8, 4) is 0 Å². The zero-order chi connectivity index (χ0) is 19.8. The number of aryl methyl sites for hydroxylation is 2. The summed E-state index contributed by atoms with van der Waals surface area (Å²) in [6.07, 6.45) is 5.04. The summed E-state index contributed by atoms with van der Waals surface area (Å²) in [5.74, 6) is 0.323. The minimum atomic E-state index is -0.373. The highest BCUT2D eigenvalue weighted by Gasteiger charge is 2.21. The molecule has 28 heavy (non-hydrogen) atoms. The summed E-state index contributed by atoms with van der Waals surface area (Å²) in [6.45, 7) is 6.12. The largest absolute Gasteiger partial charge is 0.342 e. The Morgan fingerprint density at radius 3 is 2.86 bits per heavy atom. The van der Waals surface area contributed by atoms with Gasteiger partial charge in [0.15, 0.2) is 0 Å². The van der Waals surface area contributed by atoms with Gasteiger partial charge in [0.1, 0.15) is 11.3 Å². The topological polar surface area (TPSA) is 46.7 Å². The Hall–Kier alpha value is -2.63. The molecule has 148 valence electrons. The van der Waals surface area contributed by atoms with Crippen LogP contribution in [0.25, 0.3) is 16.6 Å². The lowest BCUT2D eigenvalue weighted by Gasteiger charge is -2.31. The number of amides is 1. The summed E-state index contributed by atoms with van der Waals surface area (Å²) in [5.41, 5.74) is 2.71. The first-order valence-corrected chi connectivity index (χ1v) is 10.0. The van der Waals surface area contributed by atoms with Crippen LogP contribution in [0, 0.1) is 18.7 Å². The SMILES string of the molecule is Cc1ccn2c1c(=O)n(CCCC(=O)N1CCC[C@@H](C)C1)c1cc(F)ccc12. The number of benzene rings is 1. The maximum absolute atomic E-state index is 13.9. The van der Waals surface area contributed by atoms with Crippen LogP contribution in [0.1, 0.15) is 38.2 Å². The van der Waals surface area contributed by atoms with Gasteiger partial charge in [-0.15, -0.1) is 0 Å². The first-order chi connectivity index (χ1) is 13.5. The molecule has 2 aromatic heterocycles. The zero-order valence-electron chi connectivity index (χ0n) is 16.4. The van der Waals surface area contributed by atoms with Crippen LogP contribution in [0.15, 0.2) is 35.3 Å². The second-order valence-corrected chi connectivity index (χ2v) is 8.00. The molecule has 6 heteroatoms. The van der Waals surface area contributed by atoms with Gasteiger partial charge in [0.05, 0.1) is 11.0 Å². The molecule has 0 bridgehead atoms. The number of rotatable bonds is 4. The third-order valence-electron chi connectivity index (χ3n) is 5.81.